The molecule has 3 aromatic rings. The molecular formula is C21H22N2O3S. The van der Waals surface area contributed by atoms with Crippen molar-refractivity contribution in [2.75, 3.05) is 14.2 Å². The van der Waals surface area contributed by atoms with Gasteiger partial charge < -0.3 is 14.5 Å². The first-order valence-corrected chi connectivity index (χ1v) is 9.96. The highest BCUT2D eigenvalue weighted by Gasteiger charge is 2.18. The Morgan fingerprint density at radius 3 is 2.70 bits per heavy atom. The number of fused-ring (bicyclic) bond motifs is 3. The first-order valence-electron chi connectivity index (χ1n) is 9.14. The van der Waals surface area contributed by atoms with Crippen molar-refractivity contribution in [2.45, 2.75) is 32.1 Å². The predicted molar refractivity (Wildman–Crippen MR) is 110 cm³/mol. The van der Waals surface area contributed by atoms with Gasteiger partial charge in [-0.15, -0.1) is 11.3 Å². The highest BCUT2D eigenvalue weighted by Crippen LogP contribution is 2.33. The van der Waals surface area contributed by atoms with Crippen LogP contribution in [0.4, 0.5) is 0 Å². The molecule has 0 bridgehead atoms. The monoisotopic (exact) mass is 382 g/mol. The molecule has 0 atom stereocenters. The molecule has 0 unspecified atom stereocenters. The molecule has 1 aliphatic carbocycles. The Balaban J connectivity index is 1.69. The van der Waals surface area contributed by atoms with Crippen molar-refractivity contribution in [1.29, 1.82) is 0 Å². The van der Waals surface area contributed by atoms with Gasteiger partial charge in [-0.1, -0.05) is 18.6 Å². The van der Waals surface area contributed by atoms with E-state index < -0.39 is 0 Å². The normalized spacial score (nSPS) is 14.3. The number of H-pyrrole nitrogens is 1. The minimum absolute atomic E-state index is 0.0358. The molecule has 6 heteroatoms. The lowest BCUT2D eigenvalue weighted by atomic mass is 10.1. The average Bonchev–Trinajstić information content (AvgIpc) is 2.88. The van der Waals surface area contributed by atoms with Crippen LogP contribution in [-0.2, 0) is 12.8 Å². The average molecular weight is 382 g/mol. The van der Waals surface area contributed by atoms with Gasteiger partial charge in [0.05, 0.1) is 19.6 Å². The maximum Gasteiger partial charge on any atom is 0.260 e. The van der Waals surface area contributed by atoms with Crippen LogP contribution in [0.1, 0.15) is 41.1 Å². The molecule has 0 radical (unpaired) electrons. The molecule has 2 heterocycles. The van der Waals surface area contributed by atoms with Gasteiger partial charge in [0, 0.05) is 4.88 Å². The highest BCUT2D eigenvalue weighted by atomic mass is 32.1. The Labute approximate surface area is 161 Å². The number of aryl methyl sites for hydroxylation is 2. The van der Waals surface area contributed by atoms with E-state index in [1.807, 2.05) is 30.4 Å². The van der Waals surface area contributed by atoms with E-state index >= 15 is 0 Å². The Bertz CT molecular complexity index is 1070. The zero-order chi connectivity index (χ0) is 18.8. The van der Waals surface area contributed by atoms with Crippen LogP contribution in [0.25, 0.3) is 22.4 Å². The summed E-state index contributed by atoms with van der Waals surface area (Å²) < 4.78 is 10.6. The minimum Gasteiger partial charge on any atom is -0.493 e. The molecule has 27 heavy (non-hydrogen) atoms. The molecule has 0 spiro atoms. The summed E-state index contributed by atoms with van der Waals surface area (Å²) in [5.74, 6) is 1.92. The first-order chi connectivity index (χ1) is 13.2. The van der Waals surface area contributed by atoms with Gasteiger partial charge in [-0.3, -0.25) is 4.79 Å². The van der Waals surface area contributed by atoms with Crippen LogP contribution in [0.3, 0.4) is 0 Å². The number of aromatic nitrogens is 2. The second kappa shape index (κ2) is 7.56. The van der Waals surface area contributed by atoms with Gasteiger partial charge >= 0.3 is 0 Å². The molecule has 4 rings (SSSR count). The quantitative estimate of drug-likeness (QED) is 0.678. The summed E-state index contributed by atoms with van der Waals surface area (Å²) >= 11 is 1.67. The van der Waals surface area contributed by atoms with Crippen molar-refractivity contribution in [3.63, 3.8) is 0 Å². The number of thiophene rings is 1. The van der Waals surface area contributed by atoms with Gasteiger partial charge in [0.2, 0.25) is 0 Å². The molecular weight excluding hydrogens is 360 g/mol. The van der Waals surface area contributed by atoms with Crippen LogP contribution in [0, 0.1) is 0 Å². The van der Waals surface area contributed by atoms with E-state index in [0.29, 0.717) is 17.3 Å². The molecule has 1 N–H and O–H groups in total. The van der Waals surface area contributed by atoms with Crippen molar-refractivity contribution in [3.05, 3.63) is 50.4 Å². The number of hydrogen-bond donors (Lipinski definition) is 1. The number of benzene rings is 1. The molecule has 1 aromatic carbocycles. The third-order valence-corrected chi connectivity index (χ3v) is 6.12. The molecule has 5 nitrogen and oxygen atoms in total. The SMILES string of the molecule is COc1ccc(/C=C/c2nc3sc4c(c3c(=O)[nH]2)CCCCC4)cc1OC. The van der Waals surface area contributed by atoms with E-state index in [1.54, 1.807) is 25.6 Å². The second-order valence-corrected chi connectivity index (χ2v) is 7.73. The lowest BCUT2D eigenvalue weighted by Crippen LogP contribution is -2.10. The van der Waals surface area contributed by atoms with Crippen LogP contribution in [0.15, 0.2) is 23.0 Å². The van der Waals surface area contributed by atoms with Crippen LogP contribution in [0.5, 0.6) is 11.5 Å². The Kier molecular flexibility index (Phi) is 4.99. The van der Waals surface area contributed by atoms with Gasteiger partial charge in [-0.2, -0.15) is 0 Å². The van der Waals surface area contributed by atoms with E-state index in [1.165, 1.54) is 23.3 Å². The summed E-state index contributed by atoms with van der Waals surface area (Å²) in [5.41, 5.74) is 2.13. The highest BCUT2D eigenvalue weighted by molar-refractivity contribution is 7.18. The van der Waals surface area contributed by atoms with Gasteiger partial charge in [0.15, 0.2) is 11.5 Å². The number of aromatic amines is 1. The van der Waals surface area contributed by atoms with E-state index in [2.05, 4.69) is 9.97 Å². The summed E-state index contributed by atoms with van der Waals surface area (Å²) in [6.07, 6.45) is 9.37. The van der Waals surface area contributed by atoms with Crippen molar-refractivity contribution < 1.29 is 9.47 Å². The maximum absolute atomic E-state index is 12.7. The van der Waals surface area contributed by atoms with Gasteiger partial charge in [-0.25, -0.2) is 4.98 Å². The zero-order valence-electron chi connectivity index (χ0n) is 15.5. The van der Waals surface area contributed by atoms with Crippen LogP contribution in [0.2, 0.25) is 0 Å². The fourth-order valence-corrected chi connectivity index (χ4v) is 4.84. The van der Waals surface area contributed by atoms with Crippen molar-refractivity contribution >= 4 is 33.7 Å². The second-order valence-electron chi connectivity index (χ2n) is 6.64. The summed E-state index contributed by atoms with van der Waals surface area (Å²) in [5, 5.41) is 0.792. The summed E-state index contributed by atoms with van der Waals surface area (Å²) in [4.78, 5) is 22.5. The van der Waals surface area contributed by atoms with Crippen LogP contribution in [-0.4, -0.2) is 24.2 Å². The predicted octanol–water partition coefficient (Wildman–Crippen LogP) is 4.44. The summed E-state index contributed by atoms with van der Waals surface area (Å²) in [6.45, 7) is 0. The number of nitrogens with zero attached hydrogens (tertiary/aromatic N) is 1. The molecule has 140 valence electrons. The molecule has 1 aliphatic rings. The van der Waals surface area contributed by atoms with E-state index in [0.717, 1.165) is 35.0 Å². The molecule has 2 aromatic heterocycles. The van der Waals surface area contributed by atoms with E-state index in [4.69, 9.17) is 9.47 Å². The smallest absolute Gasteiger partial charge is 0.260 e. The molecule has 0 saturated heterocycles. The lowest BCUT2D eigenvalue weighted by molar-refractivity contribution is 0.355. The van der Waals surface area contributed by atoms with E-state index in [9.17, 15) is 4.79 Å². The molecule has 0 saturated carbocycles. The van der Waals surface area contributed by atoms with Crippen molar-refractivity contribution in [3.8, 4) is 11.5 Å². The Morgan fingerprint density at radius 1 is 1.07 bits per heavy atom. The van der Waals surface area contributed by atoms with Crippen molar-refractivity contribution in [2.24, 2.45) is 0 Å². The van der Waals surface area contributed by atoms with Crippen LogP contribution >= 0.6 is 11.3 Å². The van der Waals surface area contributed by atoms with Gasteiger partial charge in [0.1, 0.15) is 10.7 Å². The number of hydrogen-bond acceptors (Lipinski definition) is 5. The standard InChI is InChI=1S/C21H22N2O3S/c1-25-15-10-8-13(12-16(15)26-2)9-11-18-22-20(24)19-14-6-4-3-5-7-17(14)27-21(19)23-18/h8-12H,3-7H2,1-2H3,(H,22,23,24)/b11-9+. The third kappa shape index (κ3) is 3.49. The first kappa shape index (κ1) is 17.8. The van der Waals surface area contributed by atoms with Crippen molar-refractivity contribution in [1.82, 2.24) is 9.97 Å². The van der Waals surface area contributed by atoms with Gasteiger partial charge in [0.25, 0.3) is 5.56 Å². The number of nitrogens with one attached hydrogen (secondary N) is 1. The fraction of sp³-hybridized carbons (Fsp3) is 0.333. The summed E-state index contributed by atoms with van der Waals surface area (Å²) in [6, 6.07) is 5.68. The number of rotatable bonds is 4. The minimum atomic E-state index is -0.0358. The third-order valence-electron chi connectivity index (χ3n) is 4.93. The Hall–Kier alpha value is -2.60. The fourth-order valence-electron chi connectivity index (χ4n) is 3.57. The number of methoxy groups -OCH3 is 2. The zero-order valence-corrected chi connectivity index (χ0v) is 16.3. The molecule has 0 aliphatic heterocycles. The topological polar surface area (TPSA) is 64.2 Å². The largest absolute Gasteiger partial charge is 0.493 e. The van der Waals surface area contributed by atoms with E-state index in [-0.39, 0.29) is 5.56 Å². The molecule has 0 amide bonds. The maximum atomic E-state index is 12.7. The summed E-state index contributed by atoms with van der Waals surface area (Å²) in [7, 11) is 3.22. The Morgan fingerprint density at radius 2 is 1.89 bits per heavy atom. The lowest BCUT2D eigenvalue weighted by Gasteiger charge is -2.07. The molecule has 0 fully saturated rings. The number of ether oxygens (including phenoxy) is 2. The van der Waals surface area contributed by atoms with Crippen LogP contribution < -0.4 is 15.0 Å². The van der Waals surface area contributed by atoms with Gasteiger partial charge in [-0.05, 0) is 55.0 Å².